The van der Waals surface area contributed by atoms with E-state index in [0.717, 1.165) is 57.8 Å². The molecule has 0 saturated carbocycles. The molecule has 2 saturated heterocycles. The largest absolute Gasteiger partial charge is 0.379 e. The van der Waals surface area contributed by atoms with Crippen LogP contribution in [0.2, 0.25) is 0 Å². The van der Waals surface area contributed by atoms with Crippen LogP contribution in [0.25, 0.3) is 0 Å². The number of guanidine groups is 1. The minimum Gasteiger partial charge on any atom is -0.379 e. The standard InChI is InChI=1S/C16H33N5O/c1-3-20-7-4-5-15(14-20)13-19-16(17-2)18-6-8-21-9-11-22-12-10-21/h15H,3-14H2,1-2H3,(H2,17,18,19). The fourth-order valence-corrected chi connectivity index (χ4v) is 3.22. The third kappa shape index (κ3) is 6.10. The number of rotatable bonds is 6. The summed E-state index contributed by atoms with van der Waals surface area (Å²) in [6.07, 6.45) is 2.65. The van der Waals surface area contributed by atoms with E-state index in [0.29, 0.717) is 0 Å². The van der Waals surface area contributed by atoms with E-state index in [1.54, 1.807) is 0 Å². The third-order valence-electron chi connectivity index (χ3n) is 4.66. The van der Waals surface area contributed by atoms with Crippen LogP contribution in [0.1, 0.15) is 19.8 Å². The average molecular weight is 311 g/mol. The lowest BCUT2D eigenvalue weighted by molar-refractivity contribution is 0.0389. The zero-order chi connectivity index (χ0) is 15.6. The normalized spacial score (nSPS) is 25.2. The second kappa shape index (κ2) is 10.0. The molecule has 0 aromatic rings. The Hall–Kier alpha value is -0.850. The van der Waals surface area contributed by atoms with Gasteiger partial charge in [0.15, 0.2) is 5.96 Å². The lowest BCUT2D eigenvalue weighted by Gasteiger charge is -2.32. The molecule has 0 amide bonds. The number of ether oxygens (including phenoxy) is 1. The van der Waals surface area contributed by atoms with Gasteiger partial charge in [-0.3, -0.25) is 9.89 Å². The summed E-state index contributed by atoms with van der Waals surface area (Å²) in [6.45, 7) is 12.7. The van der Waals surface area contributed by atoms with E-state index in [2.05, 4.69) is 32.3 Å². The summed E-state index contributed by atoms with van der Waals surface area (Å²) < 4.78 is 5.37. The molecule has 6 heteroatoms. The van der Waals surface area contributed by atoms with Crippen molar-refractivity contribution < 1.29 is 4.74 Å². The minimum absolute atomic E-state index is 0.742. The first kappa shape index (κ1) is 17.5. The van der Waals surface area contributed by atoms with Gasteiger partial charge in [0.1, 0.15) is 0 Å². The number of nitrogens with one attached hydrogen (secondary N) is 2. The zero-order valence-corrected chi connectivity index (χ0v) is 14.3. The number of aliphatic imine (C=N–C) groups is 1. The molecule has 2 heterocycles. The van der Waals surface area contributed by atoms with Crippen LogP contribution in [-0.2, 0) is 4.74 Å². The molecular weight excluding hydrogens is 278 g/mol. The van der Waals surface area contributed by atoms with E-state index in [1.807, 2.05) is 7.05 Å². The maximum atomic E-state index is 5.37. The summed E-state index contributed by atoms with van der Waals surface area (Å²) in [4.78, 5) is 9.31. The van der Waals surface area contributed by atoms with E-state index >= 15 is 0 Å². The van der Waals surface area contributed by atoms with E-state index in [9.17, 15) is 0 Å². The van der Waals surface area contributed by atoms with Crippen molar-refractivity contribution in [2.75, 3.05) is 72.6 Å². The Balaban J connectivity index is 1.60. The van der Waals surface area contributed by atoms with Gasteiger partial charge in [-0.15, -0.1) is 0 Å². The van der Waals surface area contributed by atoms with Crippen molar-refractivity contribution >= 4 is 5.96 Å². The lowest BCUT2D eigenvalue weighted by atomic mass is 9.98. The molecule has 128 valence electrons. The summed E-state index contributed by atoms with van der Waals surface area (Å²) in [5, 5.41) is 6.91. The quantitative estimate of drug-likeness (QED) is 0.543. The molecular formula is C16H33N5O. The second-order valence-electron chi connectivity index (χ2n) is 6.24. The van der Waals surface area contributed by atoms with Crippen molar-refractivity contribution in [3.63, 3.8) is 0 Å². The maximum absolute atomic E-state index is 5.37. The predicted octanol–water partition coefficient (Wildman–Crippen LogP) is 0.216. The third-order valence-corrected chi connectivity index (χ3v) is 4.66. The number of hydrogen-bond acceptors (Lipinski definition) is 4. The summed E-state index contributed by atoms with van der Waals surface area (Å²) in [6, 6.07) is 0. The molecule has 2 N–H and O–H groups in total. The molecule has 1 atom stereocenters. The Morgan fingerprint density at radius 1 is 1.18 bits per heavy atom. The van der Waals surface area contributed by atoms with Crippen LogP contribution in [0.15, 0.2) is 4.99 Å². The summed E-state index contributed by atoms with van der Waals surface area (Å²) in [7, 11) is 1.85. The summed E-state index contributed by atoms with van der Waals surface area (Å²) in [5.41, 5.74) is 0. The van der Waals surface area contributed by atoms with Gasteiger partial charge in [-0.2, -0.15) is 0 Å². The van der Waals surface area contributed by atoms with E-state index in [-0.39, 0.29) is 0 Å². The van der Waals surface area contributed by atoms with Crippen LogP contribution in [0, 0.1) is 5.92 Å². The monoisotopic (exact) mass is 311 g/mol. The molecule has 1 unspecified atom stereocenters. The van der Waals surface area contributed by atoms with Crippen molar-refractivity contribution in [3.8, 4) is 0 Å². The van der Waals surface area contributed by atoms with E-state index in [1.165, 1.54) is 32.5 Å². The highest BCUT2D eigenvalue weighted by molar-refractivity contribution is 5.79. The van der Waals surface area contributed by atoms with E-state index in [4.69, 9.17) is 4.74 Å². The molecule has 0 aliphatic carbocycles. The highest BCUT2D eigenvalue weighted by Crippen LogP contribution is 2.14. The fraction of sp³-hybridized carbons (Fsp3) is 0.938. The van der Waals surface area contributed by atoms with Crippen LogP contribution >= 0.6 is 0 Å². The average Bonchev–Trinajstić information content (AvgIpc) is 2.59. The smallest absolute Gasteiger partial charge is 0.191 e. The highest BCUT2D eigenvalue weighted by Gasteiger charge is 2.18. The fourth-order valence-electron chi connectivity index (χ4n) is 3.22. The number of morpholine rings is 1. The van der Waals surface area contributed by atoms with Crippen LogP contribution < -0.4 is 10.6 Å². The molecule has 0 spiro atoms. The number of hydrogen-bond donors (Lipinski definition) is 2. The Labute approximate surface area is 135 Å². The summed E-state index contributed by atoms with van der Waals surface area (Å²) in [5.74, 6) is 1.67. The molecule has 0 radical (unpaired) electrons. The molecule has 0 aromatic heterocycles. The van der Waals surface area contributed by atoms with Gasteiger partial charge in [0.25, 0.3) is 0 Å². The summed E-state index contributed by atoms with van der Waals surface area (Å²) >= 11 is 0. The van der Waals surface area contributed by atoms with Gasteiger partial charge in [-0.05, 0) is 31.8 Å². The predicted molar refractivity (Wildman–Crippen MR) is 91.5 cm³/mol. The van der Waals surface area contributed by atoms with E-state index < -0.39 is 0 Å². The molecule has 2 rings (SSSR count). The number of piperidine rings is 1. The van der Waals surface area contributed by atoms with Crippen LogP contribution in [0.3, 0.4) is 0 Å². The first-order chi connectivity index (χ1) is 10.8. The van der Waals surface area contributed by atoms with Gasteiger partial charge < -0.3 is 20.3 Å². The Morgan fingerprint density at radius 2 is 2.00 bits per heavy atom. The zero-order valence-electron chi connectivity index (χ0n) is 14.3. The van der Waals surface area contributed by atoms with Crippen molar-refractivity contribution in [1.82, 2.24) is 20.4 Å². The molecule has 2 fully saturated rings. The van der Waals surface area contributed by atoms with Crippen molar-refractivity contribution in [2.24, 2.45) is 10.9 Å². The Bertz CT molecular complexity index is 330. The molecule has 0 bridgehead atoms. The molecule has 2 aliphatic rings. The van der Waals surface area contributed by atoms with Crippen molar-refractivity contribution in [1.29, 1.82) is 0 Å². The lowest BCUT2D eigenvalue weighted by Crippen LogP contribution is -2.47. The van der Waals surface area contributed by atoms with Gasteiger partial charge in [0, 0.05) is 46.3 Å². The van der Waals surface area contributed by atoms with Crippen molar-refractivity contribution in [2.45, 2.75) is 19.8 Å². The van der Waals surface area contributed by atoms with Gasteiger partial charge in [-0.1, -0.05) is 6.92 Å². The van der Waals surface area contributed by atoms with Gasteiger partial charge in [0.05, 0.1) is 13.2 Å². The maximum Gasteiger partial charge on any atom is 0.191 e. The van der Waals surface area contributed by atoms with Gasteiger partial charge in [-0.25, -0.2) is 0 Å². The van der Waals surface area contributed by atoms with Gasteiger partial charge in [0.2, 0.25) is 0 Å². The van der Waals surface area contributed by atoms with Crippen LogP contribution in [0.5, 0.6) is 0 Å². The SMILES string of the molecule is CCN1CCCC(CNC(=NC)NCCN2CCOCC2)C1. The molecule has 22 heavy (non-hydrogen) atoms. The Morgan fingerprint density at radius 3 is 2.73 bits per heavy atom. The van der Waals surface area contributed by atoms with Crippen LogP contribution in [0.4, 0.5) is 0 Å². The number of nitrogens with zero attached hydrogens (tertiary/aromatic N) is 3. The molecule has 0 aromatic carbocycles. The molecule has 2 aliphatic heterocycles. The topological polar surface area (TPSA) is 52.1 Å². The van der Waals surface area contributed by atoms with Crippen molar-refractivity contribution in [3.05, 3.63) is 0 Å². The first-order valence-corrected chi connectivity index (χ1v) is 8.78. The molecule has 6 nitrogen and oxygen atoms in total. The highest BCUT2D eigenvalue weighted by atomic mass is 16.5. The first-order valence-electron chi connectivity index (χ1n) is 8.78. The number of likely N-dealkylation sites (tertiary alicyclic amines) is 1. The minimum atomic E-state index is 0.742. The van der Waals surface area contributed by atoms with Gasteiger partial charge >= 0.3 is 0 Å². The Kier molecular flexibility index (Phi) is 7.98. The second-order valence-corrected chi connectivity index (χ2v) is 6.24. The van der Waals surface area contributed by atoms with Crippen LogP contribution in [-0.4, -0.2) is 88.4 Å².